The van der Waals surface area contributed by atoms with Crippen LogP contribution in [0.1, 0.15) is 52.1 Å². The van der Waals surface area contributed by atoms with Gasteiger partial charge in [0, 0.05) is 39.4 Å². The molecule has 0 fully saturated rings. The molecule has 0 N–H and O–H groups in total. The van der Waals surface area contributed by atoms with Crippen LogP contribution in [-0.2, 0) is 6.42 Å². The van der Waals surface area contributed by atoms with Crippen LogP contribution in [-0.4, -0.2) is 0 Å². The zero-order valence-corrected chi connectivity index (χ0v) is 35.7. The van der Waals surface area contributed by atoms with E-state index in [-0.39, 0.29) is 5.92 Å². The van der Waals surface area contributed by atoms with Crippen molar-refractivity contribution in [1.29, 1.82) is 0 Å². The minimum atomic E-state index is 0.228. The third-order valence-electron chi connectivity index (χ3n) is 13.7. The van der Waals surface area contributed by atoms with Crippen LogP contribution in [0, 0.1) is 0 Å². The van der Waals surface area contributed by atoms with Crippen molar-refractivity contribution in [1.82, 2.24) is 0 Å². The summed E-state index contributed by atoms with van der Waals surface area (Å²) in [5, 5.41) is 7.51. The average Bonchev–Trinajstić information content (AvgIpc) is 3.37. The second-order valence-corrected chi connectivity index (χ2v) is 17.2. The second-order valence-electron chi connectivity index (χ2n) is 17.2. The Labute approximate surface area is 375 Å². The summed E-state index contributed by atoms with van der Waals surface area (Å²) in [7, 11) is 0. The van der Waals surface area contributed by atoms with E-state index in [0.717, 1.165) is 64.5 Å². The van der Waals surface area contributed by atoms with Crippen molar-refractivity contribution < 1.29 is 0 Å². The monoisotopic (exact) mass is 818 g/mol. The van der Waals surface area contributed by atoms with Gasteiger partial charge in [0.15, 0.2) is 0 Å². The Morgan fingerprint density at radius 1 is 0.500 bits per heavy atom. The molecule has 9 aromatic carbocycles. The highest BCUT2D eigenvalue weighted by molar-refractivity contribution is 6.09. The normalized spacial score (nSPS) is 14.6. The topological polar surface area (TPSA) is 6.48 Å². The summed E-state index contributed by atoms with van der Waals surface area (Å²) < 4.78 is 0. The Morgan fingerprint density at radius 2 is 1.08 bits per heavy atom. The van der Waals surface area contributed by atoms with Gasteiger partial charge in [-0.05, 0) is 152 Å². The largest absolute Gasteiger partial charge is 0.310 e. The molecule has 0 spiro atoms. The molecule has 0 heterocycles. The molecule has 9 aromatic rings. The summed E-state index contributed by atoms with van der Waals surface area (Å²) in [5.74, 6) is 0.228. The van der Waals surface area contributed by atoms with E-state index in [4.69, 9.17) is 0 Å². The third kappa shape index (κ3) is 6.09. The summed E-state index contributed by atoms with van der Waals surface area (Å²) in [4.78, 5) is 4.89. The smallest absolute Gasteiger partial charge is 0.0540 e. The lowest BCUT2D eigenvalue weighted by molar-refractivity contribution is 0.868. The molecule has 2 heteroatoms. The highest BCUT2D eigenvalue weighted by Gasteiger charge is 2.35. The Morgan fingerprint density at radius 3 is 1.72 bits per heavy atom. The maximum absolute atomic E-state index is 4.05. The summed E-state index contributed by atoms with van der Waals surface area (Å²) >= 11 is 0. The number of hydrogen-bond donors (Lipinski definition) is 0. The Bertz CT molecular complexity index is 3440. The summed E-state index contributed by atoms with van der Waals surface area (Å²) in [6.45, 7) is 8.10. The predicted octanol–water partition coefficient (Wildman–Crippen LogP) is 17.4. The lowest BCUT2D eigenvalue weighted by atomic mass is 9.68. The highest BCUT2D eigenvalue weighted by Crippen LogP contribution is 2.56. The van der Waals surface area contributed by atoms with Crippen LogP contribution in [0.5, 0.6) is 0 Å². The van der Waals surface area contributed by atoms with E-state index in [9.17, 15) is 0 Å². The van der Waals surface area contributed by atoms with Gasteiger partial charge in [-0.3, -0.25) is 0 Å². The average molecular weight is 819 g/mol. The molecule has 64 heavy (non-hydrogen) atoms. The van der Waals surface area contributed by atoms with Gasteiger partial charge in [0.2, 0.25) is 0 Å². The number of hydrogen-bond acceptors (Lipinski definition) is 2. The standard InChI is InChI=1S/C62H46N2/c1-3-41-27-31-45(32-28-41)63(59-25-13-17-43-15-5-7-19-49(43)59)47-35-37-53-51-21-9-12-24-56(51)62-58-40-48(36-38-54(58)52-22-10-11-23-55(52)61(62)57(53)39-47)64(46-33-29-42(4-2)30-34-46)60-26-14-18-44-16-6-8-20-50(44)60/h3-11,13-22,25-40,55H,1-2,12,23-24H2. The van der Waals surface area contributed by atoms with Crippen molar-refractivity contribution in [2.24, 2.45) is 0 Å². The van der Waals surface area contributed by atoms with Gasteiger partial charge in [-0.25, -0.2) is 0 Å². The van der Waals surface area contributed by atoms with Crippen molar-refractivity contribution in [3.05, 3.63) is 241 Å². The minimum Gasteiger partial charge on any atom is -0.310 e. The Kier molecular flexibility index (Phi) is 9.12. The maximum Gasteiger partial charge on any atom is 0.0540 e. The molecule has 3 aliphatic carbocycles. The van der Waals surface area contributed by atoms with Crippen molar-refractivity contribution in [2.45, 2.75) is 25.2 Å². The molecule has 0 bridgehead atoms. The zero-order chi connectivity index (χ0) is 42.7. The molecular weight excluding hydrogens is 773 g/mol. The van der Waals surface area contributed by atoms with Gasteiger partial charge in [-0.15, -0.1) is 0 Å². The Balaban J connectivity index is 1.13. The van der Waals surface area contributed by atoms with Crippen LogP contribution >= 0.6 is 0 Å². The zero-order valence-electron chi connectivity index (χ0n) is 35.7. The molecule has 12 rings (SSSR count). The van der Waals surface area contributed by atoms with Gasteiger partial charge >= 0.3 is 0 Å². The van der Waals surface area contributed by atoms with Crippen molar-refractivity contribution in [3.63, 3.8) is 0 Å². The van der Waals surface area contributed by atoms with E-state index in [1.807, 2.05) is 12.2 Å². The van der Waals surface area contributed by atoms with Crippen molar-refractivity contribution in [3.8, 4) is 11.1 Å². The molecule has 1 unspecified atom stereocenters. The van der Waals surface area contributed by atoms with Crippen molar-refractivity contribution >= 4 is 90.2 Å². The maximum atomic E-state index is 4.05. The second kappa shape index (κ2) is 15.4. The van der Waals surface area contributed by atoms with Crippen LogP contribution in [0.3, 0.4) is 0 Å². The fourth-order valence-electron chi connectivity index (χ4n) is 10.8. The van der Waals surface area contributed by atoms with Gasteiger partial charge in [-0.1, -0.05) is 165 Å². The number of allylic oxidation sites excluding steroid dienone is 5. The first kappa shape index (κ1) is 37.8. The quantitative estimate of drug-likeness (QED) is 0.151. The van der Waals surface area contributed by atoms with Gasteiger partial charge in [0.1, 0.15) is 0 Å². The van der Waals surface area contributed by atoms with Crippen LogP contribution in [0.25, 0.3) is 67.2 Å². The third-order valence-corrected chi connectivity index (χ3v) is 13.7. The molecule has 0 radical (unpaired) electrons. The lowest BCUT2D eigenvalue weighted by Crippen LogP contribution is -2.17. The summed E-state index contributed by atoms with van der Waals surface area (Å²) in [6, 6.07) is 62.8. The molecule has 0 aromatic heterocycles. The fourth-order valence-corrected chi connectivity index (χ4v) is 10.8. The van der Waals surface area contributed by atoms with Crippen LogP contribution in [0.2, 0.25) is 0 Å². The SMILES string of the molecule is C=Cc1ccc(N(c2ccc3c(c2)-c2c4c(c5ccc(N(c6ccc(C=C)cc6)c6cccc7ccccc67)cc5c2C2CC=CC=C32)C=CCC4)c2cccc3ccccc23)cc1. The molecule has 0 saturated heterocycles. The van der Waals surface area contributed by atoms with Crippen molar-refractivity contribution in [2.75, 3.05) is 9.80 Å². The number of benzene rings is 9. The highest BCUT2D eigenvalue weighted by atomic mass is 15.1. The summed E-state index contributed by atoms with van der Waals surface area (Å²) in [5.41, 5.74) is 18.7. The van der Waals surface area contributed by atoms with Gasteiger partial charge in [-0.2, -0.15) is 0 Å². The fraction of sp³-hybridized carbons (Fsp3) is 0.0645. The van der Waals surface area contributed by atoms with Crippen LogP contribution in [0.15, 0.2) is 207 Å². The lowest BCUT2D eigenvalue weighted by Gasteiger charge is -2.37. The van der Waals surface area contributed by atoms with Gasteiger partial charge in [0.25, 0.3) is 0 Å². The first-order valence-corrected chi connectivity index (χ1v) is 22.5. The number of anilines is 6. The van der Waals surface area contributed by atoms with Crippen LogP contribution in [0.4, 0.5) is 34.1 Å². The first-order chi connectivity index (χ1) is 31.7. The van der Waals surface area contributed by atoms with E-state index in [0.29, 0.717) is 0 Å². The van der Waals surface area contributed by atoms with E-state index < -0.39 is 0 Å². The summed E-state index contributed by atoms with van der Waals surface area (Å²) in [6.07, 6.45) is 18.6. The van der Waals surface area contributed by atoms with E-state index >= 15 is 0 Å². The molecular formula is C62H46N2. The van der Waals surface area contributed by atoms with Gasteiger partial charge < -0.3 is 9.80 Å². The minimum absolute atomic E-state index is 0.228. The van der Waals surface area contributed by atoms with E-state index in [1.165, 1.54) is 71.3 Å². The van der Waals surface area contributed by atoms with E-state index in [2.05, 4.69) is 223 Å². The number of rotatable bonds is 8. The number of fused-ring (bicyclic) bond motifs is 13. The first-order valence-electron chi connectivity index (χ1n) is 22.5. The molecule has 0 amide bonds. The predicted molar refractivity (Wildman–Crippen MR) is 276 cm³/mol. The molecule has 0 aliphatic heterocycles. The molecule has 2 nitrogen and oxygen atoms in total. The molecule has 304 valence electrons. The van der Waals surface area contributed by atoms with Crippen LogP contribution < -0.4 is 9.80 Å². The van der Waals surface area contributed by atoms with Gasteiger partial charge in [0.05, 0.1) is 11.4 Å². The Hall–Kier alpha value is -7.94. The molecule has 3 aliphatic rings. The van der Waals surface area contributed by atoms with E-state index in [1.54, 1.807) is 0 Å². The molecule has 0 saturated carbocycles. The molecule has 1 atom stereocenters. The number of nitrogens with zero attached hydrogens (tertiary/aromatic N) is 2.